The van der Waals surface area contributed by atoms with Crippen molar-refractivity contribution in [3.8, 4) is 5.75 Å². The van der Waals surface area contributed by atoms with Gasteiger partial charge in [-0.2, -0.15) is 5.10 Å². The van der Waals surface area contributed by atoms with Crippen LogP contribution in [0.2, 0.25) is 0 Å². The van der Waals surface area contributed by atoms with Crippen molar-refractivity contribution < 1.29 is 4.74 Å². The van der Waals surface area contributed by atoms with Gasteiger partial charge in [0.1, 0.15) is 12.4 Å². The zero-order chi connectivity index (χ0) is 13.1. The predicted molar refractivity (Wildman–Crippen MR) is 72.6 cm³/mol. The Bertz CT molecular complexity index is 546. The Balaban J connectivity index is 2.11. The molecule has 1 aromatic carbocycles. The average molecular weight is 245 g/mol. The first-order chi connectivity index (χ1) is 8.60. The second-order valence-corrected chi connectivity index (χ2v) is 4.42. The van der Waals surface area contributed by atoms with E-state index in [0.717, 1.165) is 29.2 Å². The van der Waals surface area contributed by atoms with Crippen LogP contribution in [0.4, 0.5) is 5.69 Å². The lowest BCUT2D eigenvalue weighted by Crippen LogP contribution is -2.06. The molecule has 0 saturated carbocycles. The van der Waals surface area contributed by atoms with Gasteiger partial charge in [0, 0.05) is 6.54 Å². The third kappa shape index (κ3) is 2.64. The molecular formula is C14H19N3O. The van der Waals surface area contributed by atoms with E-state index >= 15 is 0 Å². The highest BCUT2D eigenvalue weighted by Gasteiger charge is 2.06. The van der Waals surface area contributed by atoms with E-state index in [-0.39, 0.29) is 0 Å². The Labute approximate surface area is 107 Å². The van der Waals surface area contributed by atoms with Crippen molar-refractivity contribution in [2.24, 2.45) is 0 Å². The lowest BCUT2D eigenvalue weighted by atomic mass is 10.2. The lowest BCUT2D eigenvalue weighted by Gasteiger charge is -2.10. The van der Waals surface area contributed by atoms with Crippen LogP contribution < -0.4 is 10.5 Å². The minimum atomic E-state index is 0.488. The van der Waals surface area contributed by atoms with Crippen LogP contribution in [0.15, 0.2) is 24.3 Å². The molecule has 18 heavy (non-hydrogen) atoms. The number of nitrogen functional groups attached to an aromatic ring is 1. The minimum absolute atomic E-state index is 0.488. The molecule has 0 atom stereocenters. The summed E-state index contributed by atoms with van der Waals surface area (Å²) in [7, 11) is 0. The number of benzene rings is 1. The monoisotopic (exact) mass is 245 g/mol. The molecule has 0 unspecified atom stereocenters. The highest BCUT2D eigenvalue weighted by atomic mass is 16.5. The van der Waals surface area contributed by atoms with Crippen molar-refractivity contribution in [2.45, 2.75) is 33.9 Å². The Morgan fingerprint density at radius 1 is 1.28 bits per heavy atom. The van der Waals surface area contributed by atoms with Crippen molar-refractivity contribution in [3.63, 3.8) is 0 Å². The SMILES string of the molecule is CCn1nc(C)cc1COc1ccc(C)cc1N. The summed E-state index contributed by atoms with van der Waals surface area (Å²) >= 11 is 0. The summed E-state index contributed by atoms with van der Waals surface area (Å²) in [6.07, 6.45) is 0. The van der Waals surface area contributed by atoms with Gasteiger partial charge in [-0.15, -0.1) is 0 Å². The average Bonchev–Trinajstić information content (AvgIpc) is 2.68. The second-order valence-electron chi connectivity index (χ2n) is 4.42. The van der Waals surface area contributed by atoms with Gasteiger partial charge < -0.3 is 10.5 Å². The number of hydrogen-bond donors (Lipinski definition) is 1. The van der Waals surface area contributed by atoms with E-state index in [4.69, 9.17) is 10.5 Å². The lowest BCUT2D eigenvalue weighted by molar-refractivity contribution is 0.294. The van der Waals surface area contributed by atoms with E-state index in [2.05, 4.69) is 12.0 Å². The van der Waals surface area contributed by atoms with Crippen molar-refractivity contribution in [1.29, 1.82) is 0 Å². The molecule has 0 aliphatic heterocycles. The molecule has 2 N–H and O–H groups in total. The molecule has 4 nitrogen and oxygen atoms in total. The summed E-state index contributed by atoms with van der Waals surface area (Å²) in [6, 6.07) is 7.85. The molecule has 0 radical (unpaired) electrons. The van der Waals surface area contributed by atoms with Crippen LogP contribution in [0.25, 0.3) is 0 Å². The largest absolute Gasteiger partial charge is 0.485 e. The first-order valence-electron chi connectivity index (χ1n) is 6.12. The topological polar surface area (TPSA) is 53.1 Å². The summed E-state index contributed by atoms with van der Waals surface area (Å²) < 4.78 is 7.69. The summed E-state index contributed by atoms with van der Waals surface area (Å²) in [5.41, 5.74) is 9.79. The molecule has 4 heteroatoms. The summed E-state index contributed by atoms with van der Waals surface area (Å²) in [5.74, 6) is 0.724. The zero-order valence-electron chi connectivity index (χ0n) is 11.1. The van der Waals surface area contributed by atoms with Gasteiger partial charge in [-0.25, -0.2) is 0 Å². The Hall–Kier alpha value is -1.97. The quantitative estimate of drug-likeness (QED) is 0.842. The molecule has 1 aromatic heterocycles. The third-order valence-corrected chi connectivity index (χ3v) is 2.83. The first-order valence-corrected chi connectivity index (χ1v) is 6.12. The number of hydrogen-bond acceptors (Lipinski definition) is 3. The number of aromatic nitrogens is 2. The van der Waals surface area contributed by atoms with E-state index in [1.54, 1.807) is 0 Å². The maximum absolute atomic E-state index is 5.91. The fourth-order valence-electron chi connectivity index (χ4n) is 1.94. The number of anilines is 1. The van der Waals surface area contributed by atoms with Gasteiger partial charge in [0.15, 0.2) is 0 Å². The number of nitrogens with zero attached hydrogens (tertiary/aromatic N) is 2. The van der Waals surface area contributed by atoms with Crippen LogP contribution in [-0.4, -0.2) is 9.78 Å². The minimum Gasteiger partial charge on any atom is -0.485 e. The molecule has 2 aromatic rings. The first kappa shape index (κ1) is 12.5. The van der Waals surface area contributed by atoms with E-state index in [1.165, 1.54) is 0 Å². The van der Waals surface area contributed by atoms with Crippen LogP contribution in [0.5, 0.6) is 5.75 Å². The fourth-order valence-corrected chi connectivity index (χ4v) is 1.94. The molecule has 2 rings (SSSR count). The maximum atomic E-state index is 5.91. The van der Waals surface area contributed by atoms with Crippen LogP contribution in [0, 0.1) is 13.8 Å². The third-order valence-electron chi connectivity index (χ3n) is 2.83. The number of aryl methyl sites for hydroxylation is 3. The van der Waals surface area contributed by atoms with Gasteiger partial charge in [-0.05, 0) is 44.5 Å². The van der Waals surface area contributed by atoms with Crippen molar-refractivity contribution in [3.05, 3.63) is 41.2 Å². The smallest absolute Gasteiger partial charge is 0.142 e. The molecule has 1 heterocycles. The molecule has 96 valence electrons. The second kappa shape index (κ2) is 5.12. The van der Waals surface area contributed by atoms with Crippen molar-refractivity contribution in [1.82, 2.24) is 9.78 Å². The van der Waals surface area contributed by atoms with Crippen LogP contribution in [0.1, 0.15) is 23.9 Å². The van der Waals surface area contributed by atoms with Crippen LogP contribution in [-0.2, 0) is 13.2 Å². The van der Waals surface area contributed by atoms with Gasteiger partial charge in [-0.1, -0.05) is 6.07 Å². The zero-order valence-corrected chi connectivity index (χ0v) is 11.1. The Kier molecular flexibility index (Phi) is 3.55. The Morgan fingerprint density at radius 3 is 2.72 bits per heavy atom. The Morgan fingerprint density at radius 2 is 2.06 bits per heavy atom. The molecule has 0 aliphatic rings. The van der Waals surface area contributed by atoms with E-state index < -0.39 is 0 Å². The van der Waals surface area contributed by atoms with Gasteiger partial charge in [0.05, 0.1) is 17.1 Å². The molecule has 0 amide bonds. The molecule has 0 aliphatic carbocycles. The molecule has 0 saturated heterocycles. The van der Waals surface area contributed by atoms with Gasteiger partial charge in [0.25, 0.3) is 0 Å². The van der Waals surface area contributed by atoms with Crippen LogP contribution >= 0.6 is 0 Å². The summed E-state index contributed by atoms with van der Waals surface area (Å²) in [5, 5.41) is 4.38. The van der Waals surface area contributed by atoms with Crippen molar-refractivity contribution >= 4 is 5.69 Å². The highest BCUT2D eigenvalue weighted by molar-refractivity contribution is 5.54. The normalized spacial score (nSPS) is 10.6. The predicted octanol–water partition coefficient (Wildman–Crippen LogP) is 2.68. The number of ether oxygens (including phenoxy) is 1. The summed E-state index contributed by atoms with van der Waals surface area (Å²) in [4.78, 5) is 0. The highest BCUT2D eigenvalue weighted by Crippen LogP contribution is 2.23. The van der Waals surface area contributed by atoms with Gasteiger partial charge in [-0.3, -0.25) is 4.68 Å². The van der Waals surface area contributed by atoms with Crippen LogP contribution in [0.3, 0.4) is 0 Å². The van der Waals surface area contributed by atoms with Gasteiger partial charge >= 0.3 is 0 Å². The summed E-state index contributed by atoms with van der Waals surface area (Å²) in [6.45, 7) is 7.39. The number of nitrogens with two attached hydrogens (primary N) is 1. The maximum Gasteiger partial charge on any atom is 0.142 e. The van der Waals surface area contributed by atoms with E-state index in [0.29, 0.717) is 12.3 Å². The van der Waals surface area contributed by atoms with E-state index in [9.17, 15) is 0 Å². The van der Waals surface area contributed by atoms with Gasteiger partial charge in [0.2, 0.25) is 0 Å². The molecular weight excluding hydrogens is 226 g/mol. The van der Waals surface area contributed by atoms with Crippen molar-refractivity contribution in [2.75, 3.05) is 5.73 Å². The standard InChI is InChI=1S/C14H19N3O/c1-4-17-12(8-11(3)16-17)9-18-14-6-5-10(2)7-13(14)15/h5-8H,4,9,15H2,1-3H3. The van der Waals surface area contributed by atoms with E-state index in [1.807, 2.05) is 42.8 Å². The molecule has 0 fully saturated rings. The fraction of sp³-hybridized carbons (Fsp3) is 0.357. The molecule has 0 spiro atoms. The molecule has 0 bridgehead atoms. The number of rotatable bonds is 4.